The summed E-state index contributed by atoms with van der Waals surface area (Å²) in [5.74, 6) is -0.249. The van der Waals surface area contributed by atoms with E-state index in [1.165, 1.54) is 244 Å². The average Bonchev–Trinajstić information content (AvgIpc) is 3.35. The van der Waals surface area contributed by atoms with E-state index in [4.69, 9.17) is 9.47 Å². The minimum absolute atomic E-state index is 0.249. The van der Waals surface area contributed by atoms with Gasteiger partial charge in [-0.3, -0.25) is 4.79 Å². The summed E-state index contributed by atoms with van der Waals surface area (Å²) in [7, 11) is 0. The molecule has 1 rings (SSSR count). The summed E-state index contributed by atoms with van der Waals surface area (Å²) >= 11 is 0. The van der Waals surface area contributed by atoms with Crippen LogP contribution in [0.1, 0.15) is 309 Å². The Kier molecular flexibility index (Phi) is 47.3. The number of ether oxygens (including phenoxy) is 2. The predicted octanol–water partition coefficient (Wildman–Crippen LogP) is 14.0. The Balaban J connectivity index is 2.18. The average molecular weight is 985 g/mol. The Morgan fingerprint density at radius 1 is 0.449 bits per heavy atom. The van der Waals surface area contributed by atoms with Gasteiger partial charge in [-0.15, -0.1) is 0 Å². The summed E-state index contributed by atoms with van der Waals surface area (Å²) in [5.41, 5.74) is 0. The molecule has 10 heteroatoms. The van der Waals surface area contributed by atoms with Crippen molar-refractivity contribution in [1.82, 2.24) is 5.32 Å². The number of carbonyl (C=O) groups excluding carboxylic acids is 1. The van der Waals surface area contributed by atoms with Crippen LogP contribution in [0.5, 0.6) is 0 Å². The zero-order chi connectivity index (χ0) is 50.3. The van der Waals surface area contributed by atoms with Crippen LogP contribution >= 0.6 is 0 Å². The molecule has 1 aliphatic rings. The lowest BCUT2D eigenvalue weighted by Gasteiger charge is -2.40. The van der Waals surface area contributed by atoms with Crippen molar-refractivity contribution in [3.05, 3.63) is 0 Å². The third-order valence-corrected chi connectivity index (χ3v) is 15.1. The highest BCUT2D eigenvalue weighted by atomic mass is 16.7. The fourth-order valence-corrected chi connectivity index (χ4v) is 10.2. The lowest BCUT2D eigenvalue weighted by molar-refractivity contribution is -0.303. The highest BCUT2D eigenvalue weighted by Crippen LogP contribution is 2.24. The molecule has 0 aromatic heterocycles. The summed E-state index contributed by atoms with van der Waals surface area (Å²) in [6.07, 6.45) is 48.5. The van der Waals surface area contributed by atoms with Crippen LogP contribution in [-0.2, 0) is 14.3 Å². The number of hydrogen-bond acceptors (Lipinski definition) is 9. The van der Waals surface area contributed by atoms with Gasteiger partial charge in [0.15, 0.2) is 6.29 Å². The van der Waals surface area contributed by atoms with E-state index in [-0.39, 0.29) is 18.9 Å². The van der Waals surface area contributed by atoms with E-state index in [2.05, 4.69) is 19.2 Å². The van der Waals surface area contributed by atoms with E-state index in [0.717, 1.165) is 38.5 Å². The van der Waals surface area contributed by atoms with Crippen LogP contribution in [0.4, 0.5) is 0 Å². The molecular weight excluding hydrogens is 867 g/mol. The van der Waals surface area contributed by atoms with Crippen molar-refractivity contribution in [2.24, 2.45) is 0 Å². The normalized spacial score (nSPS) is 19.8. The van der Waals surface area contributed by atoms with Crippen LogP contribution in [0.2, 0.25) is 0 Å². The molecular formula is C59H117NO9. The molecule has 2 unspecified atom stereocenters. The lowest BCUT2D eigenvalue weighted by atomic mass is 9.98. The lowest BCUT2D eigenvalue weighted by Crippen LogP contribution is -2.60. The Morgan fingerprint density at radius 3 is 1.07 bits per heavy atom. The first-order chi connectivity index (χ1) is 33.8. The van der Waals surface area contributed by atoms with E-state index >= 15 is 0 Å². The molecule has 10 nitrogen and oxygen atoms in total. The zero-order valence-corrected chi connectivity index (χ0v) is 45.5. The minimum Gasteiger partial charge on any atom is -0.394 e. The number of rotatable bonds is 53. The first kappa shape index (κ1) is 66.2. The first-order valence-electron chi connectivity index (χ1n) is 30.3. The smallest absolute Gasteiger partial charge is 0.220 e. The van der Waals surface area contributed by atoms with Gasteiger partial charge in [0, 0.05) is 6.42 Å². The largest absolute Gasteiger partial charge is 0.394 e. The standard InChI is InChI=1S/C59H117NO9/c1-3-5-7-9-11-13-15-17-19-21-22-23-24-25-26-27-28-29-30-31-32-34-36-38-40-42-44-46-48-54(63)60-51(50-68-59-58(67)57(66)56(65)53(49-61)69-59)55(64)52(62)47-45-43-41-39-37-35-33-20-18-16-14-12-10-8-6-4-2/h51-53,55-59,61-62,64-67H,3-50H2,1-2H3,(H,60,63)/t51-,52+,53+,55-,56-,57?,58?,59+/m0/s1. The predicted molar refractivity (Wildman–Crippen MR) is 287 cm³/mol. The monoisotopic (exact) mass is 984 g/mol. The number of aliphatic hydroxyl groups excluding tert-OH is 6. The Labute approximate surface area is 426 Å². The molecule has 0 aromatic carbocycles. The van der Waals surface area contributed by atoms with E-state index in [0.29, 0.717) is 6.42 Å². The third kappa shape index (κ3) is 38.4. The van der Waals surface area contributed by atoms with Crippen molar-refractivity contribution in [3.63, 3.8) is 0 Å². The maximum atomic E-state index is 13.1. The second-order valence-corrected chi connectivity index (χ2v) is 21.7. The molecule has 412 valence electrons. The van der Waals surface area contributed by atoms with Gasteiger partial charge in [0.1, 0.15) is 30.5 Å². The molecule has 0 aromatic rings. The number of aliphatic hydroxyl groups is 6. The number of amides is 1. The molecule has 1 fully saturated rings. The Morgan fingerprint density at radius 2 is 0.754 bits per heavy atom. The molecule has 1 aliphatic heterocycles. The minimum atomic E-state index is -1.60. The molecule has 8 atom stereocenters. The van der Waals surface area contributed by atoms with Gasteiger partial charge < -0.3 is 45.4 Å². The number of hydrogen-bond donors (Lipinski definition) is 7. The van der Waals surface area contributed by atoms with Crippen LogP contribution < -0.4 is 5.32 Å². The Bertz CT molecular complexity index is 1070. The molecule has 1 amide bonds. The van der Waals surface area contributed by atoms with Gasteiger partial charge in [0.2, 0.25) is 5.91 Å². The van der Waals surface area contributed by atoms with Crippen LogP contribution in [0.25, 0.3) is 0 Å². The molecule has 7 N–H and O–H groups in total. The van der Waals surface area contributed by atoms with Gasteiger partial charge in [-0.05, 0) is 12.8 Å². The molecule has 0 bridgehead atoms. The highest BCUT2D eigenvalue weighted by Gasteiger charge is 2.44. The summed E-state index contributed by atoms with van der Waals surface area (Å²) in [6, 6.07) is -0.986. The van der Waals surface area contributed by atoms with Gasteiger partial charge in [-0.2, -0.15) is 0 Å². The van der Waals surface area contributed by atoms with Gasteiger partial charge in [0.25, 0.3) is 0 Å². The maximum absolute atomic E-state index is 13.1. The van der Waals surface area contributed by atoms with Crippen molar-refractivity contribution < 1.29 is 44.9 Å². The third-order valence-electron chi connectivity index (χ3n) is 15.1. The molecule has 0 spiro atoms. The zero-order valence-electron chi connectivity index (χ0n) is 45.5. The fourth-order valence-electron chi connectivity index (χ4n) is 10.2. The second-order valence-electron chi connectivity index (χ2n) is 21.7. The summed E-state index contributed by atoms with van der Waals surface area (Å²) in [5, 5.41) is 65.6. The van der Waals surface area contributed by atoms with E-state index in [9.17, 15) is 35.4 Å². The number of nitrogens with one attached hydrogen (secondary N) is 1. The van der Waals surface area contributed by atoms with Gasteiger partial charge in [0.05, 0.1) is 25.4 Å². The first-order valence-corrected chi connectivity index (χ1v) is 30.3. The van der Waals surface area contributed by atoms with Crippen molar-refractivity contribution in [1.29, 1.82) is 0 Å². The van der Waals surface area contributed by atoms with Crippen molar-refractivity contribution in [2.75, 3.05) is 13.2 Å². The number of unbranched alkanes of at least 4 members (excludes halogenated alkanes) is 42. The summed E-state index contributed by atoms with van der Waals surface area (Å²) in [4.78, 5) is 13.1. The van der Waals surface area contributed by atoms with Gasteiger partial charge in [-0.25, -0.2) is 0 Å². The molecule has 69 heavy (non-hydrogen) atoms. The van der Waals surface area contributed by atoms with Crippen LogP contribution in [0.15, 0.2) is 0 Å². The highest BCUT2D eigenvalue weighted by molar-refractivity contribution is 5.76. The van der Waals surface area contributed by atoms with E-state index in [1.54, 1.807) is 0 Å². The molecule has 0 aliphatic carbocycles. The Hall–Kier alpha value is -0.850. The molecule has 0 saturated carbocycles. The SMILES string of the molecule is CCCCCCCCCCCCCCCCCCCCCCCCCCCCCCC(=O)N[C@@H](CO[C@@H]1O[C@H](CO)[C@H](O)C(O)C1O)[C@H](O)[C@H](O)CCCCCCCCCCCCCCCCCC. The summed E-state index contributed by atoms with van der Waals surface area (Å²) in [6.45, 7) is 3.66. The topological polar surface area (TPSA) is 169 Å². The van der Waals surface area contributed by atoms with Crippen LogP contribution in [-0.4, -0.2) is 98.7 Å². The van der Waals surface area contributed by atoms with Gasteiger partial charge >= 0.3 is 0 Å². The van der Waals surface area contributed by atoms with Crippen molar-refractivity contribution >= 4 is 5.91 Å². The number of carbonyl (C=O) groups is 1. The van der Waals surface area contributed by atoms with Gasteiger partial charge in [-0.1, -0.05) is 290 Å². The molecule has 0 radical (unpaired) electrons. The fraction of sp³-hybridized carbons (Fsp3) is 0.983. The quantitative estimate of drug-likeness (QED) is 0.0293. The molecule has 1 heterocycles. The van der Waals surface area contributed by atoms with Crippen LogP contribution in [0.3, 0.4) is 0 Å². The second kappa shape index (κ2) is 49.4. The van der Waals surface area contributed by atoms with Crippen molar-refractivity contribution in [3.8, 4) is 0 Å². The molecule has 1 saturated heterocycles. The summed E-state index contributed by atoms with van der Waals surface area (Å²) < 4.78 is 11.2. The maximum Gasteiger partial charge on any atom is 0.220 e. The van der Waals surface area contributed by atoms with Crippen LogP contribution in [0, 0.1) is 0 Å². The van der Waals surface area contributed by atoms with E-state index < -0.39 is 55.6 Å². The van der Waals surface area contributed by atoms with Crippen molar-refractivity contribution in [2.45, 2.75) is 358 Å². The van der Waals surface area contributed by atoms with E-state index in [1.807, 2.05) is 0 Å².